The lowest BCUT2D eigenvalue weighted by atomic mass is 10.4. The van der Waals surface area contributed by atoms with Gasteiger partial charge in [0.05, 0.1) is 6.07 Å². The molecular weight excluding hydrogens is 162 g/mol. The minimum Gasteiger partial charge on any atom is -0.278 e. The first-order valence-corrected chi connectivity index (χ1v) is 3.04. The molecule has 0 unspecified atom stereocenters. The quantitative estimate of drug-likeness (QED) is 0.540. The number of carbonyl (C=O) groups excluding carboxylic acids is 3. The number of urea groups is 1. The van der Waals surface area contributed by atoms with Crippen LogP contribution < -0.4 is 10.6 Å². The van der Waals surface area contributed by atoms with Crippen molar-refractivity contribution in [2.75, 3.05) is 0 Å². The largest absolute Gasteiger partial charge is 0.328 e. The van der Waals surface area contributed by atoms with Crippen LogP contribution in [0.1, 0.15) is 13.3 Å². The smallest absolute Gasteiger partial charge is 0.278 e. The van der Waals surface area contributed by atoms with Crippen molar-refractivity contribution in [2.45, 2.75) is 13.3 Å². The first-order valence-electron chi connectivity index (χ1n) is 3.04. The highest BCUT2D eigenvalue weighted by Gasteiger charge is 2.06. The average Bonchev–Trinajstić information content (AvgIpc) is 1.84. The first kappa shape index (κ1) is 10.1. The first-order chi connectivity index (χ1) is 5.56. The second-order valence-electron chi connectivity index (χ2n) is 1.89. The van der Waals surface area contributed by atoms with Gasteiger partial charge in [0.15, 0.2) is 0 Å². The maximum Gasteiger partial charge on any atom is 0.328 e. The van der Waals surface area contributed by atoms with Gasteiger partial charge in [-0.3, -0.25) is 20.2 Å². The molecule has 0 bridgehead atoms. The van der Waals surface area contributed by atoms with Crippen molar-refractivity contribution in [3.8, 4) is 6.07 Å². The third-order valence-corrected chi connectivity index (χ3v) is 0.782. The third kappa shape index (κ3) is 4.93. The molecule has 0 aliphatic rings. The molecular formula is C6H7N3O3. The summed E-state index contributed by atoms with van der Waals surface area (Å²) in [4.78, 5) is 31.3. The molecule has 0 heterocycles. The van der Waals surface area contributed by atoms with Crippen molar-refractivity contribution in [2.24, 2.45) is 0 Å². The molecule has 0 saturated heterocycles. The van der Waals surface area contributed by atoms with Crippen LogP contribution in [-0.4, -0.2) is 17.8 Å². The molecule has 0 saturated carbocycles. The van der Waals surface area contributed by atoms with Crippen LogP contribution >= 0.6 is 0 Å². The van der Waals surface area contributed by atoms with Gasteiger partial charge in [0.2, 0.25) is 11.8 Å². The highest BCUT2D eigenvalue weighted by molar-refractivity contribution is 6.01. The average molecular weight is 169 g/mol. The van der Waals surface area contributed by atoms with E-state index in [9.17, 15) is 14.4 Å². The number of carbonyl (C=O) groups is 3. The van der Waals surface area contributed by atoms with Crippen LogP contribution in [0.2, 0.25) is 0 Å². The summed E-state index contributed by atoms with van der Waals surface area (Å²) in [7, 11) is 0. The lowest BCUT2D eigenvalue weighted by molar-refractivity contribution is -0.119. The second-order valence-corrected chi connectivity index (χ2v) is 1.89. The predicted molar refractivity (Wildman–Crippen MR) is 37.6 cm³/mol. The van der Waals surface area contributed by atoms with Gasteiger partial charge in [-0.2, -0.15) is 5.26 Å². The molecule has 0 aromatic carbocycles. The normalized spacial score (nSPS) is 8.00. The van der Waals surface area contributed by atoms with E-state index in [-0.39, 0.29) is 0 Å². The summed E-state index contributed by atoms with van der Waals surface area (Å²) >= 11 is 0. The molecule has 0 fully saturated rings. The summed E-state index contributed by atoms with van der Waals surface area (Å²) in [6.45, 7) is 1.13. The Hall–Kier alpha value is -1.90. The van der Waals surface area contributed by atoms with E-state index in [0.29, 0.717) is 0 Å². The number of hydrogen-bond acceptors (Lipinski definition) is 4. The van der Waals surface area contributed by atoms with E-state index < -0.39 is 24.3 Å². The molecule has 12 heavy (non-hydrogen) atoms. The zero-order chi connectivity index (χ0) is 9.56. The number of nitriles is 1. The molecule has 6 nitrogen and oxygen atoms in total. The molecule has 0 aromatic rings. The molecule has 64 valence electrons. The van der Waals surface area contributed by atoms with Crippen molar-refractivity contribution >= 4 is 17.8 Å². The Morgan fingerprint density at radius 3 is 2.33 bits per heavy atom. The third-order valence-electron chi connectivity index (χ3n) is 0.782. The van der Waals surface area contributed by atoms with E-state index in [0.717, 1.165) is 6.92 Å². The molecule has 0 rings (SSSR count). The number of rotatable bonds is 1. The molecule has 0 aromatic heterocycles. The van der Waals surface area contributed by atoms with Gasteiger partial charge in [-0.1, -0.05) is 0 Å². The second kappa shape index (κ2) is 4.85. The summed E-state index contributed by atoms with van der Waals surface area (Å²) in [5, 5.41) is 11.6. The fraction of sp³-hybridized carbons (Fsp3) is 0.333. The van der Waals surface area contributed by atoms with E-state index in [2.05, 4.69) is 0 Å². The number of amides is 4. The van der Waals surface area contributed by atoms with Crippen molar-refractivity contribution in [3.63, 3.8) is 0 Å². The van der Waals surface area contributed by atoms with Crippen molar-refractivity contribution < 1.29 is 14.4 Å². The summed E-state index contributed by atoms with van der Waals surface area (Å²) in [6, 6.07) is 0.635. The Bertz CT molecular complexity index is 253. The van der Waals surface area contributed by atoms with Crippen molar-refractivity contribution in [3.05, 3.63) is 0 Å². The molecule has 0 aliphatic heterocycles. The van der Waals surface area contributed by atoms with E-state index in [1.807, 2.05) is 5.32 Å². The Morgan fingerprint density at radius 2 is 1.92 bits per heavy atom. The van der Waals surface area contributed by atoms with Gasteiger partial charge in [0.1, 0.15) is 6.42 Å². The van der Waals surface area contributed by atoms with Crippen molar-refractivity contribution in [1.82, 2.24) is 10.6 Å². The lowest BCUT2D eigenvalue weighted by Crippen LogP contribution is -2.41. The molecule has 0 radical (unpaired) electrons. The molecule has 0 spiro atoms. The van der Waals surface area contributed by atoms with Crippen LogP contribution in [0.25, 0.3) is 0 Å². The van der Waals surface area contributed by atoms with Gasteiger partial charge < -0.3 is 0 Å². The van der Waals surface area contributed by atoms with Gasteiger partial charge in [-0.15, -0.1) is 0 Å². The highest BCUT2D eigenvalue weighted by atomic mass is 16.2. The van der Waals surface area contributed by atoms with Crippen molar-refractivity contribution in [1.29, 1.82) is 5.26 Å². The fourth-order valence-corrected chi connectivity index (χ4v) is 0.434. The van der Waals surface area contributed by atoms with Crippen LogP contribution in [0.3, 0.4) is 0 Å². The summed E-state index contributed by atoms with van der Waals surface area (Å²) in [6.07, 6.45) is -0.411. The monoisotopic (exact) mass is 169 g/mol. The van der Waals surface area contributed by atoms with Gasteiger partial charge in [-0.25, -0.2) is 4.79 Å². The van der Waals surface area contributed by atoms with E-state index in [4.69, 9.17) is 5.26 Å². The maximum absolute atomic E-state index is 10.6. The van der Waals surface area contributed by atoms with Crippen LogP contribution in [0.15, 0.2) is 0 Å². The highest BCUT2D eigenvalue weighted by Crippen LogP contribution is 1.75. The summed E-state index contributed by atoms with van der Waals surface area (Å²) in [5.74, 6) is -1.31. The Kier molecular flexibility index (Phi) is 4.08. The van der Waals surface area contributed by atoms with Crippen LogP contribution in [0, 0.1) is 11.3 Å². The van der Waals surface area contributed by atoms with E-state index in [1.165, 1.54) is 0 Å². The van der Waals surface area contributed by atoms with E-state index in [1.54, 1.807) is 11.4 Å². The van der Waals surface area contributed by atoms with Crippen LogP contribution in [0.4, 0.5) is 4.79 Å². The minimum absolute atomic E-state index is 0.411. The molecule has 0 atom stereocenters. The number of nitrogens with zero attached hydrogens (tertiary/aromatic N) is 1. The fourth-order valence-electron chi connectivity index (χ4n) is 0.434. The Labute approximate surface area is 68.5 Å². The zero-order valence-corrected chi connectivity index (χ0v) is 6.38. The number of imide groups is 2. The SMILES string of the molecule is CC(=O)NC(=O)NC(=O)CC#N. The van der Waals surface area contributed by atoms with Gasteiger partial charge in [-0.05, 0) is 0 Å². The molecule has 0 aliphatic carbocycles. The predicted octanol–water partition coefficient (Wildman–Crippen LogP) is -0.728. The Morgan fingerprint density at radius 1 is 1.33 bits per heavy atom. The standard InChI is InChI=1S/C6H7N3O3/c1-4(10)8-6(12)9-5(11)2-3-7/h2H2,1H3,(H2,8,9,10,11,12). The topological polar surface area (TPSA) is 99.1 Å². The van der Waals surface area contributed by atoms with Crippen LogP contribution in [0.5, 0.6) is 0 Å². The van der Waals surface area contributed by atoms with Gasteiger partial charge in [0, 0.05) is 6.92 Å². The maximum atomic E-state index is 10.6. The number of hydrogen-bond donors (Lipinski definition) is 2. The van der Waals surface area contributed by atoms with E-state index >= 15 is 0 Å². The molecule has 6 heteroatoms. The Balaban J connectivity index is 3.79. The van der Waals surface area contributed by atoms with Crippen LogP contribution in [-0.2, 0) is 9.59 Å². The van der Waals surface area contributed by atoms with Gasteiger partial charge in [0.25, 0.3) is 0 Å². The van der Waals surface area contributed by atoms with Gasteiger partial charge >= 0.3 is 6.03 Å². The molecule has 2 N–H and O–H groups in total. The summed E-state index contributed by atoms with van der Waals surface area (Å²) in [5.41, 5.74) is 0. The summed E-state index contributed by atoms with van der Waals surface area (Å²) < 4.78 is 0. The number of nitrogens with one attached hydrogen (secondary N) is 2. The molecule has 4 amide bonds. The minimum atomic E-state index is -0.914. The zero-order valence-electron chi connectivity index (χ0n) is 6.38. The lowest BCUT2D eigenvalue weighted by Gasteiger charge is -1.99.